The molecule has 2 N–H and O–H groups in total. The smallest absolute Gasteiger partial charge is 0.377 e. The lowest BCUT2D eigenvalue weighted by Gasteiger charge is -2.30. The summed E-state index contributed by atoms with van der Waals surface area (Å²) in [5, 5.41) is 7.10. The van der Waals surface area contributed by atoms with E-state index in [9.17, 15) is 22.4 Å². The van der Waals surface area contributed by atoms with E-state index in [4.69, 9.17) is 4.98 Å². The summed E-state index contributed by atoms with van der Waals surface area (Å²) in [6.45, 7) is 0.205. The van der Waals surface area contributed by atoms with Crippen molar-refractivity contribution in [1.29, 1.82) is 0 Å². The first-order valence-electron chi connectivity index (χ1n) is 11.6. The average molecular weight is 489 g/mol. The number of aromatic nitrogens is 1. The molecule has 9 heteroatoms. The highest BCUT2D eigenvalue weighted by Crippen LogP contribution is 2.33. The highest BCUT2D eigenvalue weighted by molar-refractivity contribution is 5.96. The zero-order valence-corrected chi connectivity index (χ0v) is 19.6. The molecular weight excluding hydrogens is 460 g/mol. The monoisotopic (exact) mass is 488 g/mol. The van der Waals surface area contributed by atoms with Crippen molar-refractivity contribution in [2.24, 2.45) is 5.92 Å². The molecule has 3 aromatic rings. The molecule has 0 unspecified atom stereocenters. The Labute approximate surface area is 201 Å². The molecule has 5 nitrogen and oxygen atoms in total. The van der Waals surface area contributed by atoms with Crippen LogP contribution in [0.2, 0.25) is 0 Å². The number of para-hydroxylation sites is 1. The van der Waals surface area contributed by atoms with Crippen molar-refractivity contribution < 1.29 is 22.4 Å². The molecular formula is C26H28F4N4O. The first-order valence-corrected chi connectivity index (χ1v) is 11.6. The Morgan fingerprint density at radius 2 is 1.77 bits per heavy atom. The maximum Gasteiger partial charge on any atom is 0.417 e. The minimum absolute atomic E-state index is 0.111. The third-order valence-electron chi connectivity index (χ3n) is 6.47. The van der Waals surface area contributed by atoms with Gasteiger partial charge in [-0.2, -0.15) is 13.2 Å². The maximum atomic E-state index is 14.1. The zero-order valence-electron chi connectivity index (χ0n) is 19.6. The average Bonchev–Trinajstić information content (AvgIpc) is 2.82. The van der Waals surface area contributed by atoms with Crippen molar-refractivity contribution in [1.82, 2.24) is 10.3 Å². The Balaban J connectivity index is 1.35. The Hall–Kier alpha value is -3.36. The van der Waals surface area contributed by atoms with Crippen LogP contribution in [0.1, 0.15) is 41.6 Å². The summed E-state index contributed by atoms with van der Waals surface area (Å²) < 4.78 is 53.7. The number of nitrogens with zero attached hydrogens (tertiary/aromatic N) is 2. The van der Waals surface area contributed by atoms with E-state index in [1.165, 1.54) is 0 Å². The normalized spacial score (nSPS) is 18.3. The standard InChI is InChI=1S/C26H28F4N4O/c1-34(2)22-14-23(33-21-9-4-3-6-18(21)22)32-17-12-10-16(11-13-17)15-31-25(35)24-19(26(28,29)30)7-5-8-20(24)27/h3-9,14,16-17H,10-13,15H2,1-2H3,(H,31,35)(H,32,33). The van der Waals surface area contributed by atoms with Gasteiger partial charge in [0.1, 0.15) is 11.6 Å². The fourth-order valence-electron chi connectivity index (χ4n) is 4.64. The van der Waals surface area contributed by atoms with Gasteiger partial charge < -0.3 is 15.5 Å². The fourth-order valence-corrected chi connectivity index (χ4v) is 4.64. The predicted octanol–water partition coefficient (Wildman–Crippen LogP) is 5.86. The number of amides is 1. The van der Waals surface area contributed by atoms with Gasteiger partial charge >= 0.3 is 6.18 Å². The predicted molar refractivity (Wildman–Crippen MR) is 129 cm³/mol. The molecule has 0 radical (unpaired) electrons. The first-order chi connectivity index (χ1) is 16.6. The lowest BCUT2D eigenvalue weighted by atomic mass is 9.86. The Bertz CT molecular complexity index is 1200. The molecule has 2 aromatic carbocycles. The number of pyridine rings is 1. The lowest BCUT2D eigenvalue weighted by Crippen LogP contribution is -2.35. The van der Waals surface area contributed by atoms with Crippen molar-refractivity contribution in [2.45, 2.75) is 37.9 Å². The van der Waals surface area contributed by atoms with Crippen molar-refractivity contribution >= 4 is 28.3 Å². The maximum absolute atomic E-state index is 14.1. The van der Waals surface area contributed by atoms with Crippen LogP contribution in [0.3, 0.4) is 0 Å². The van der Waals surface area contributed by atoms with Crippen molar-refractivity contribution in [2.75, 3.05) is 30.9 Å². The first kappa shape index (κ1) is 24.8. The molecule has 1 aromatic heterocycles. The summed E-state index contributed by atoms with van der Waals surface area (Å²) in [6.07, 6.45) is -1.56. The van der Waals surface area contributed by atoms with Gasteiger partial charge in [-0.3, -0.25) is 4.79 Å². The van der Waals surface area contributed by atoms with Gasteiger partial charge in [0.15, 0.2) is 0 Å². The van der Waals surface area contributed by atoms with E-state index in [1.54, 1.807) is 0 Å². The van der Waals surface area contributed by atoms with Crippen LogP contribution in [0.25, 0.3) is 10.9 Å². The number of hydrogen-bond donors (Lipinski definition) is 2. The number of fused-ring (bicyclic) bond motifs is 1. The van der Waals surface area contributed by atoms with E-state index in [2.05, 4.69) is 15.5 Å². The number of carbonyl (C=O) groups excluding carboxylic acids is 1. The van der Waals surface area contributed by atoms with Crippen molar-refractivity contribution in [3.63, 3.8) is 0 Å². The van der Waals surface area contributed by atoms with Gasteiger partial charge in [-0.1, -0.05) is 24.3 Å². The Kier molecular flexibility index (Phi) is 7.14. The van der Waals surface area contributed by atoms with Crippen LogP contribution in [-0.2, 0) is 6.18 Å². The molecule has 0 spiro atoms. The summed E-state index contributed by atoms with van der Waals surface area (Å²) in [6, 6.07) is 12.7. The second kappa shape index (κ2) is 10.1. The molecule has 0 aliphatic heterocycles. The second-order valence-electron chi connectivity index (χ2n) is 9.17. The quantitative estimate of drug-likeness (QED) is 0.427. The third-order valence-corrected chi connectivity index (χ3v) is 6.47. The summed E-state index contributed by atoms with van der Waals surface area (Å²) in [4.78, 5) is 19.2. The molecule has 1 amide bonds. The minimum atomic E-state index is -4.80. The highest BCUT2D eigenvalue weighted by Gasteiger charge is 2.37. The molecule has 1 aliphatic carbocycles. The molecule has 35 heavy (non-hydrogen) atoms. The van der Waals surface area contributed by atoms with Gasteiger partial charge in [0.2, 0.25) is 0 Å². The minimum Gasteiger partial charge on any atom is -0.377 e. The number of nitrogens with one attached hydrogen (secondary N) is 2. The number of anilines is 2. The van der Waals surface area contributed by atoms with Crippen LogP contribution in [0.5, 0.6) is 0 Å². The van der Waals surface area contributed by atoms with Crippen LogP contribution in [-0.4, -0.2) is 37.6 Å². The van der Waals surface area contributed by atoms with Gasteiger partial charge in [-0.05, 0) is 49.8 Å². The number of hydrogen-bond acceptors (Lipinski definition) is 4. The molecule has 1 fully saturated rings. The highest BCUT2D eigenvalue weighted by atomic mass is 19.4. The van der Waals surface area contributed by atoms with Crippen molar-refractivity contribution in [3.05, 3.63) is 65.5 Å². The lowest BCUT2D eigenvalue weighted by molar-refractivity contribution is -0.138. The van der Waals surface area contributed by atoms with Crippen LogP contribution in [0, 0.1) is 11.7 Å². The number of carbonyl (C=O) groups is 1. The zero-order chi connectivity index (χ0) is 25.2. The van der Waals surface area contributed by atoms with E-state index in [-0.39, 0.29) is 18.5 Å². The van der Waals surface area contributed by atoms with Crippen molar-refractivity contribution in [3.8, 4) is 0 Å². The van der Waals surface area contributed by atoms with Gasteiger partial charge in [-0.25, -0.2) is 9.37 Å². The molecule has 0 bridgehead atoms. The topological polar surface area (TPSA) is 57.3 Å². The van der Waals surface area contributed by atoms with Gasteiger partial charge in [-0.15, -0.1) is 0 Å². The number of alkyl halides is 3. The molecule has 0 atom stereocenters. The second-order valence-corrected chi connectivity index (χ2v) is 9.17. The van der Waals surface area contributed by atoms with Crippen LogP contribution < -0.4 is 15.5 Å². The van der Waals surface area contributed by atoms with Crippen LogP contribution >= 0.6 is 0 Å². The SMILES string of the molecule is CN(C)c1cc(NC2CCC(CNC(=O)c3c(F)cccc3C(F)(F)F)CC2)nc2ccccc12. The summed E-state index contributed by atoms with van der Waals surface area (Å²) in [5.74, 6) is -1.30. The summed E-state index contributed by atoms with van der Waals surface area (Å²) >= 11 is 0. The largest absolute Gasteiger partial charge is 0.417 e. The number of halogens is 4. The van der Waals surface area contributed by atoms with Crippen LogP contribution in [0.4, 0.5) is 29.1 Å². The van der Waals surface area contributed by atoms with E-state index < -0.39 is 29.0 Å². The molecule has 1 saturated carbocycles. The summed E-state index contributed by atoms with van der Waals surface area (Å²) in [5.41, 5.74) is -0.234. The molecule has 1 aliphatic rings. The van der Waals surface area contributed by atoms with Crippen LogP contribution in [0.15, 0.2) is 48.5 Å². The number of benzene rings is 2. The van der Waals surface area contributed by atoms with Gasteiger partial charge in [0.05, 0.1) is 16.6 Å². The van der Waals surface area contributed by atoms with E-state index in [0.717, 1.165) is 66.3 Å². The molecule has 1 heterocycles. The van der Waals surface area contributed by atoms with E-state index >= 15 is 0 Å². The summed E-state index contributed by atoms with van der Waals surface area (Å²) in [7, 11) is 3.98. The molecule has 186 valence electrons. The van der Waals surface area contributed by atoms with Gasteiger partial charge in [0, 0.05) is 43.8 Å². The molecule has 4 rings (SSSR count). The molecule has 0 saturated heterocycles. The Morgan fingerprint density at radius 1 is 1.06 bits per heavy atom. The third kappa shape index (κ3) is 5.66. The fraction of sp³-hybridized carbons (Fsp3) is 0.385. The van der Waals surface area contributed by atoms with E-state index in [0.29, 0.717) is 0 Å². The number of rotatable bonds is 6. The van der Waals surface area contributed by atoms with E-state index in [1.807, 2.05) is 44.4 Å². The van der Waals surface area contributed by atoms with Gasteiger partial charge in [0.25, 0.3) is 5.91 Å². The Morgan fingerprint density at radius 3 is 2.46 bits per heavy atom.